The Morgan fingerprint density at radius 1 is 1.50 bits per heavy atom. The molecule has 1 fully saturated rings. The van der Waals surface area contributed by atoms with Crippen LogP contribution in [0.5, 0.6) is 0 Å². The van der Waals surface area contributed by atoms with Gasteiger partial charge >= 0.3 is 0 Å². The number of rotatable bonds is 6. The molecule has 7 nitrogen and oxygen atoms in total. The Morgan fingerprint density at radius 3 is 2.95 bits per heavy atom. The average molecular weight is 350 g/mol. The summed E-state index contributed by atoms with van der Waals surface area (Å²) in [4.78, 5) is 10.2. The van der Waals surface area contributed by atoms with E-state index in [1.54, 1.807) is 6.07 Å². The third kappa shape index (κ3) is 4.77. The zero-order chi connectivity index (χ0) is 16.2. The van der Waals surface area contributed by atoms with Gasteiger partial charge < -0.3 is 14.7 Å². The number of hydrogen-bond acceptors (Lipinski definition) is 7. The van der Waals surface area contributed by atoms with Crippen molar-refractivity contribution in [3.05, 3.63) is 17.0 Å². The van der Waals surface area contributed by atoms with Crippen LogP contribution in [0.3, 0.4) is 0 Å². The van der Waals surface area contributed by atoms with E-state index in [9.17, 15) is 8.42 Å². The summed E-state index contributed by atoms with van der Waals surface area (Å²) in [6.07, 6.45) is 0.217. The van der Waals surface area contributed by atoms with Crippen molar-refractivity contribution in [2.24, 2.45) is 0 Å². The van der Waals surface area contributed by atoms with Crippen LogP contribution in [-0.4, -0.2) is 61.7 Å². The smallest absolute Gasteiger partial charge is 0.224 e. The predicted octanol–water partition coefficient (Wildman–Crippen LogP) is 0.652. The lowest BCUT2D eigenvalue weighted by atomic mass is 10.2. The molecular formula is C13H20ClN3O4S. The highest BCUT2D eigenvalue weighted by molar-refractivity contribution is 7.90. The summed E-state index contributed by atoms with van der Waals surface area (Å²) >= 11 is 5.94. The van der Waals surface area contributed by atoms with Crippen molar-refractivity contribution < 1.29 is 18.3 Å². The lowest BCUT2D eigenvalue weighted by Gasteiger charge is -2.34. The predicted molar refractivity (Wildman–Crippen MR) is 83.9 cm³/mol. The minimum Gasteiger partial charge on any atom is -0.396 e. The van der Waals surface area contributed by atoms with Crippen LogP contribution in [0.4, 0.5) is 5.82 Å². The number of aliphatic hydroxyl groups excluding tert-OH is 1. The fourth-order valence-corrected chi connectivity index (χ4v) is 3.83. The van der Waals surface area contributed by atoms with E-state index in [2.05, 4.69) is 9.97 Å². The molecule has 1 atom stereocenters. The van der Waals surface area contributed by atoms with Gasteiger partial charge in [0.05, 0.1) is 36.5 Å². The van der Waals surface area contributed by atoms with Gasteiger partial charge in [0.2, 0.25) is 5.28 Å². The van der Waals surface area contributed by atoms with Crippen LogP contribution in [0.1, 0.15) is 19.0 Å². The molecule has 0 amide bonds. The highest BCUT2D eigenvalue weighted by Gasteiger charge is 2.22. The number of hydrogen-bond donors (Lipinski definition) is 1. The molecule has 22 heavy (non-hydrogen) atoms. The Balaban J connectivity index is 2.19. The topological polar surface area (TPSA) is 92.6 Å². The fourth-order valence-electron chi connectivity index (χ4n) is 2.32. The summed E-state index contributed by atoms with van der Waals surface area (Å²) in [6.45, 7) is 3.71. The summed E-state index contributed by atoms with van der Waals surface area (Å²) in [5.41, 5.74) is 0.367. The SMILES string of the molecule is CC1COCCN1c1cc(CS(=O)(=O)CCCO)nc(Cl)n1. The van der Waals surface area contributed by atoms with Crippen LogP contribution in [0.15, 0.2) is 6.07 Å². The van der Waals surface area contributed by atoms with Gasteiger partial charge in [0.15, 0.2) is 9.84 Å². The average Bonchev–Trinajstić information content (AvgIpc) is 2.44. The van der Waals surface area contributed by atoms with Gasteiger partial charge in [-0.2, -0.15) is 0 Å². The van der Waals surface area contributed by atoms with Gasteiger partial charge in [-0.15, -0.1) is 0 Å². The summed E-state index contributed by atoms with van der Waals surface area (Å²) in [7, 11) is -3.33. The Bertz CT molecular complexity index is 611. The maximum Gasteiger partial charge on any atom is 0.224 e. The molecule has 1 aromatic rings. The summed E-state index contributed by atoms with van der Waals surface area (Å²) in [6, 6.07) is 1.79. The Kier molecular flexibility index (Phi) is 5.96. The third-order valence-corrected chi connectivity index (χ3v) is 5.20. The van der Waals surface area contributed by atoms with Gasteiger partial charge in [-0.3, -0.25) is 0 Å². The summed E-state index contributed by atoms with van der Waals surface area (Å²) < 4.78 is 29.3. The first kappa shape index (κ1) is 17.4. The molecule has 1 unspecified atom stereocenters. The van der Waals surface area contributed by atoms with Crippen LogP contribution < -0.4 is 4.90 Å². The van der Waals surface area contributed by atoms with Crippen molar-refractivity contribution in [1.29, 1.82) is 0 Å². The number of morpholine rings is 1. The normalized spacial score (nSPS) is 19.4. The van der Waals surface area contributed by atoms with Gasteiger partial charge in [-0.1, -0.05) is 0 Å². The molecule has 1 N–H and O–H groups in total. The molecule has 1 aliphatic rings. The fraction of sp³-hybridized carbons (Fsp3) is 0.692. The first-order valence-electron chi connectivity index (χ1n) is 7.10. The van der Waals surface area contributed by atoms with Crippen molar-refractivity contribution >= 4 is 27.3 Å². The molecule has 0 aliphatic carbocycles. The van der Waals surface area contributed by atoms with Crippen LogP contribution in [0.2, 0.25) is 5.28 Å². The molecule has 9 heteroatoms. The highest BCUT2D eigenvalue weighted by Crippen LogP contribution is 2.21. The molecule has 1 aromatic heterocycles. The monoisotopic (exact) mass is 349 g/mol. The molecule has 0 aromatic carbocycles. The second-order valence-electron chi connectivity index (χ2n) is 5.27. The number of nitrogens with zero attached hydrogens (tertiary/aromatic N) is 3. The lowest BCUT2D eigenvalue weighted by molar-refractivity contribution is 0.0985. The van der Waals surface area contributed by atoms with Crippen molar-refractivity contribution in [3.63, 3.8) is 0 Å². The molecule has 2 rings (SSSR count). The van der Waals surface area contributed by atoms with Crippen LogP contribution in [-0.2, 0) is 20.3 Å². The number of ether oxygens (including phenoxy) is 1. The minimum atomic E-state index is -3.33. The Labute approximate surface area is 135 Å². The van der Waals surface area contributed by atoms with Crippen molar-refractivity contribution in [1.82, 2.24) is 9.97 Å². The number of halogens is 1. The third-order valence-electron chi connectivity index (χ3n) is 3.38. The second kappa shape index (κ2) is 7.54. The Morgan fingerprint density at radius 2 is 2.27 bits per heavy atom. The maximum atomic E-state index is 12.0. The molecule has 1 aliphatic heterocycles. The quantitative estimate of drug-likeness (QED) is 0.754. The van der Waals surface area contributed by atoms with Gasteiger partial charge in [-0.25, -0.2) is 18.4 Å². The molecule has 0 bridgehead atoms. The van der Waals surface area contributed by atoms with Gasteiger partial charge in [-0.05, 0) is 24.9 Å². The zero-order valence-electron chi connectivity index (χ0n) is 12.4. The molecule has 0 spiro atoms. The molecule has 1 saturated heterocycles. The van der Waals surface area contributed by atoms with Crippen molar-refractivity contribution in [2.45, 2.75) is 25.1 Å². The van der Waals surface area contributed by atoms with Gasteiger partial charge in [0, 0.05) is 19.2 Å². The summed E-state index contributed by atoms with van der Waals surface area (Å²) in [5.74, 6) is 0.332. The van der Waals surface area contributed by atoms with Crippen LogP contribution in [0.25, 0.3) is 0 Å². The lowest BCUT2D eigenvalue weighted by Crippen LogP contribution is -2.44. The summed E-state index contributed by atoms with van der Waals surface area (Å²) in [5, 5.41) is 8.78. The van der Waals surface area contributed by atoms with E-state index in [1.165, 1.54) is 0 Å². The molecule has 0 saturated carbocycles. The van der Waals surface area contributed by atoms with E-state index in [4.69, 9.17) is 21.4 Å². The van der Waals surface area contributed by atoms with E-state index < -0.39 is 9.84 Å². The molecular weight excluding hydrogens is 330 g/mol. The van der Waals surface area contributed by atoms with Gasteiger partial charge in [0.1, 0.15) is 5.82 Å². The van der Waals surface area contributed by atoms with E-state index in [0.29, 0.717) is 31.3 Å². The van der Waals surface area contributed by atoms with E-state index in [-0.39, 0.29) is 35.9 Å². The molecule has 0 radical (unpaired) electrons. The van der Waals surface area contributed by atoms with Gasteiger partial charge in [0.25, 0.3) is 0 Å². The number of sulfone groups is 1. The molecule has 2 heterocycles. The first-order chi connectivity index (χ1) is 10.4. The number of aromatic nitrogens is 2. The zero-order valence-corrected chi connectivity index (χ0v) is 14.0. The maximum absolute atomic E-state index is 12.0. The van der Waals surface area contributed by atoms with Crippen molar-refractivity contribution in [3.8, 4) is 0 Å². The Hall–Kier alpha value is -0.960. The number of aliphatic hydroxyl groups is 1. The van der Waals surface area contributed by atoms with Crippen LogP contribution in [0, 0.1) is 0 Å². The van der Waals surface area contributed by atoms with E-state index in [1.807, 2.05) is 11.8 Å². The number of anilines is 1. The molecule has 124 valence electrons. The van der Waals surface area contributed by atoms with Crippen molar-refractivity contribution in [2.75, 3.05) is 37.0 Å². The second-order valence-corrected chi connectivity index (χ2v) is 7.80. The van der Waals surface area contributed by atoms with Crippen LogP contribution >= 0.6 is 11.6 Å². The largest absolute Gasteiger partial charge is 0.396 e. The standard InChI is InChI=1S/C13H20ClN3O4S/c1-10-8-21-5-3-17(10)12-7-11(15-13(14)16-12)9-22(19,20)6-2-4-18/h7,10,18H,2-6,8-9H2,1H3. The van der Waals surface area contributed by atoms with E-state index in [0.717, 1.165) is 0 Å². The highest BCUT2D eigenvalue weighted by atomic mass is 35.5. The minimum absolute atomic E-state index is 0.0311. The first-order valence-corrected chi connectivity index (χ1v) is 9.30. The van der Waals surface area contributed by atoms with E-state index >= 15 is 0 Å².